The summed E-state index contributed by atoms with van der Waals surface area (Å²) in [5.41, 5.74) is 9.09. The van der Waals surface area contributed by atoms with Crippen LogP contribution in [0.15, 0.2) is 64.8 Å². The number of aryl methyl sites for hydroxylation is 1. The van der Waals surface area contributed by atoms with Crippen molar-refractivity contribution in [3.05, 3.63) is 70.4 Å². The molecule has 150 valence electrons. The molecule has 0 spiro atoms. The fourth-order valence-corrected chi connectivity index (χ4v) is 3.37. The Morgan fingerprint density at radius 2 is 2.00 bits per heavy atom. The lowest BCUT2D eigenvalue weighted by Crippen LogP contribution is -2.45. The van der Waals surface area contributed by atoms with E-state index in [1.54, 1.807) is 29.2 Å². The van der Waals surface area contributed by atoms with Gasteiger partial charge in [-0.2, -0.15) is 0 Å². The molecule has 1 fully saturated rings. The van der Waals surface area contributed by atoms with Crippen molar-refractivity contribution in [3.63, 3.8) is 0 Å². The van der Waals surface area contributed by atoms with Gasteiger partial charge in [0.05, 0.1) is 5.69 Å². The molecule has 0 saturated carbocycles. The van der Waals surface area contributed by atoms with Gasteiger partial charge in [0.2, 0.25) is 0 Å². The Bertz CT molecular complexity index is 1010. The van der Waals surface area contributed by atoms with Crippen molar-refractivity contribution in [3.8, 4) is 0 Å². The molecule has 1 aliphatic rings. The normalized spacial score (nSPS) is 17.4. The predicted octanol–water partition coefficient (Wildman–Crippen LogP) is 3.51. The topological polar surface area (TPSA) is 87.8 Å². The van der Waals surface area contributed by atoms with Crippen LogP contribution in [0.25, 0.3) is 0 Å². The molecule has 1 saturated heterocycles. The number of benzene rings is 2. The minimum Gasteiger partial charge on any atom is -0.394 e. The third kappa shape index (κ3) is 4.66. The van der Waals surface area contributed by atoms with E-state index in [1.165, 1.54) is 0 Å². The van der Waals surface area contributed by atoms with E-state index in [2.05, 4.69) is 10.3 Å². The number of piperidine rings is 1. The molecule has 1 aliphatic heterocycles. The van der Waals surface area contributed by atoms with Crippen molar-refractivity contribution in [2.75, 3.05) is 18.0 Å². The van der Waals surface area contributed by atoms with Crippen molar-refractivity contribution in [2.45, 2.75) is 20.3 Å². The number of hydrogen-bond donors (Lipinski definition) is 2. The van der Waals surface area contributed by atoms with E-state index >= 15 is 0 Å². The number of carbonyl (C=O) groups is 2. The van der Waals surface area contributed by atoms with E-state index in [0.29, 0.717) is 35.8 Å². The third-order valence-corrected chi connectivity index (χ3v) is 4.82. The van der Waals surface area contributed by atoms with Crippen LogP contribution in [0.5, 0.6) is 0 Å². The maximum absolute atomic E-state index is 13.4. The van der Waals surface area contributed by atoms with Crippen molar-refractivity contribution >= 4 is 40.5 Å². The zero-order chi connectivity index (χ0) is 21.0. The average Bonchev–Trinajstić information content (AvgIpc) is 2.69. The summed E-state index contributed by atoms with van der Waals surface area (Å²) in [6, 6.07) is 14.6. The quantitative estimate of drug-likeness (QED) is 0.756. The van der Waals surface area contributed by atoms with E-state index in [1.807, 2.05) is 38.1 Å². The maximum Gasteiger partial charge on any atom is 0.277 e. The van der Waals surface area contributed by atoms with Gasteiger partial charge < -0.3 is 16.0 Å². The maximum atomic E-state index is 13.4. The molecule has 0 aliphatic carbocycles. The van der Waals surface area contributed by atoms with Crippen LogP contribution < -0.4 is 16.0 Å². The molecule has 0 radical (unpaired) electrons. The second-order valence-electron chi connectivity index (χ2n) is 6.74. The number of rotatable bonds is 4. The van der Waals surface area contributed by atoms with Gasteiger partial charge in [-0.05, 0) is 56.2 Å². The molecule has 2 amide bonds. The largest absolute Gasteiger partial charge is 0.394 e. The van der Waals surface area contributed by atoms with Crippen molar-refractivity contribution in [1.82, 2.24) is 5.32 Å². The van der Waals surface area contributed by atoms with Gasteiger partial charge in [0.25, 0.3) is 11.8 Å². The lowest BCUT2D eigenvalue weighted by Gasteiger charge is -2.30. The molecule has 7 heteroatoms. The first kappa shape index (κ1) is 20.6. The molecule has 3 rings (SSSR count). The lowest BCUT2D eigenvalue weighted by atomic mass is 9.97. The minimum absolute atomic E-state index is 0.0184. The molecule has 0 atom stereocenters. The smallest absolute Gasteiger partial charge is 0.277 e. The lowest BCUT2D eigenvalue weighted by molar-refractivity contribution is -0.117. The van der Waals surface area contributed by atoms with Crippen LogP contribution in [0.4, 0.5) is 11.4 Å². The summed E-state index contributed by atoms with van der Waals surface area (Å²) >= 11 is 6.07. The van der Waals surface area contributed by atoms with Crippen LogP contribution in [0.1, 0.15) is 18.9 Å². The molecule has 1 heterocycles. The molecular weight excluding hydrogens is 388 g/mol. The van der Waals surface area contributed by atoms with E-state index < -0.39 is 5.91 Å². The van der Waals surface area contributed by atoms with Crippen LogP contribution in [-0.4, -0.2) is 30.6 Å². The fourth-order valence-electron chi connectivity index (χ4n) is 3.19. The number of anilines is 1. The molecule has 6 nitrogen and oxygen atoms in total. The Labute approximate surface area is 175 Å². The van der Waals surface area contributed by atoms with Crippen LogP contribution in [0.2, 0.25) is 5.02 Å². The van der Waals surface area contributed by atoms with Gasteiger partial charge in [-0.1, -0.05) is 29.8 Å². The highest BCUT2D eigenvalue weighted by Crippen LogP contribution is 2.27. The first-order valence-corrected chi connectivity index (χ1v) is 9.78. The third-order valence-electron chi connectivity index (χ3n) is 4.59. The zero-order valence-electron chi connectivity index (χ0n) is 16.4. The molecule has 3 N–H and O–H groups in total. The molecule has 2 aromatic rings. The predicted molar refractivity (Wildman–Crippen MR) is 117 cm³/mol. The SMILES string of the molecule is CCNC(=O)/C(N)=C1\CCN(c2cccc(C)c2)C(=O)C1=Nc1cccc(Cl)c1. The summed E-state index contributed by atoms with van der Waals surface area (Å²) in [5.74, 6) is -0.706. The van der Waals surface area contributed by atoms with Crippen molar-refractivity contribution in [1.29, 1.82) is 0 Å². The summed E-state index contributed by atoms with van der Waals surface area (Å²) < 4.78 is 0. The molecular formula is C22H23ClN4O2. The van der Waals surface area contributed by atoms with Gasteiger partial charge in [0.15, 0.2) is 0 Å². The van der Waals surface area contributed by atoms with Crippen LogP contribution in [0.3, 0.4) is 0 Å². The fraction of sp³-hybridized carbons (Fsp3) is 0.227. The highest BCUT2D eigenvalue weighted by Gasteiger charge is 2.32. The van der Waals surface area contributed by atoms with Gasteiger partial charge in [-0.25, -0.2) is 4.99 Å². The number of aliphatic imine (C=N–C) groups is 1. The number of likely N-dealkylation sites (N-methyl/N-ethyl adjacent to an activating group) is 1. The van der Waals surface area contributed by atoms with Crippen LogP contribution in [0, 0.1) is 6.92 Å². The Kier molecular flexibility index (Phi) is 6.34. The number of carbonyl (C=O) groups excluding carboxylic acids is 2. The Hall–Kier alpha value is -3.12. The van der Waals surface area contributed by atoms with E-state index in [9.17, 15) is 9.59 Å². The molecule has 29 heavy (non-hydrogen) atoms. The Morgan fingerprint density at radius 1 is 1.24 bits per heavy atom. The summed E-state index contributed by atoms with van der Waals surface area (Å²) in [4.78, 5) is 31.8. The average molecular weight is 411 g/mol. The second kappa shape index (κ2) is 8.92. The minimum atomic E-state index is -0.405. The summed E-state index contributed by atoms with van der Waals surface area (Å²) in [6.07, 6.45) is 0.419. The molecule has 0 aromatic heterocycles. The number of nitrogens with zero attached hydrogens (tertiary/aromatic N) is 2. The van der Waals surface area contributed by atoms with Gasteiger partial charge in [0.1, 0.15) is 11.4 Å². The van der Waals surface area contributed by atoms with Gasteiger partial charge in [-0.15, -0.1) is 0 Å². The molecule has 0 bridgehead atoms. The van der Waals surface area contributed by atoms with Crippen LogP contribution in [-0.2, 0) is 9.59 Å². The van der Waals surface area contributed by atoms with Gasteiger partial charge in [0, 0.05) is 29.4 Å². The van der Waals surface area contributed by atoms with Crippen molar-refractivity contribution in [2.24, 2.45) is 10.7 Å². The van der Waals surface area contributed by atoms with E-state index in [0.717, 1.165) is 11.3 Å². The number of nitrogens with one attached hydrogen (secondary N) is 1. The molecule has 2 aromatic carbocycles. The Balaban J connectivity index is 2.09. The van der Waals surface area contributed by atoms with Gasteiger partial charge >= 0.3 is 0 Å². The molecule has 0 unspecified atom stereocenters. The number of nitrogens with two attached hydrogens (primary N) is 1. The number of amides is 2. The summed E-state index contributed by atoms with van der Waals surface area (Å²) in [7, 11) is 0. The van der Waals surface area contributed by atoms with E-state index in [-0.39, 0.29) is 17.3 Å². The monoisotopic (exact) mass is 410 g/mol. The standard InChI is InChI=1S/C22H23ClN4O2/c1-3-25-21(28)19(24)18-10-11-27(17-9-4-6-14(2)12-17)22(29)20(18)26-16-8-5-7-15(23)13-16/h4-9,12-13H,3,10-11,24H2,1-2H3,(H,25,28)/b19-18-,26-20?. The highest BCUT2D eigenvalue weighted by atomic mass is 35.5. The first-order chi connectivity index (χ1) is 13.9. The summed E-state index contributed by atoms with van der Waals surface area (Å²) in [5, 5.41) is 3.19. The van der Waals surface area contributed by atoms with E-state index in [4.69, 9.17) is 17.3 Å². The highest BCUT2D eigenvalue weighted by molar-refractivity contribution is 6.51. The number of halogens is 1. The van der Waals surface area contributed by atoms with Gasteiger partial charge in [-0.3, -0.25) is 9.59 Å². The first-order valence-electron chi connectivity index (χ1n) is 9.40. The zero-order valence-corrected chi connectivity index (χ0v) is 17.2. The van der Waals surface area contributed by atoms with Crippen molar-refractivity contribution < 1.29 is 9.59 Å². The number of hydrogen-bond acceptors (Lipinski definition) is 4. The second-order valence-corrected chi connectivity index (χ2v) is 7.17. The Morgan fingerprint density at radius 3 is 2.69 bits per heavy atom. The van der Waals surface area contributed by atoms with Crippen LogP contribution >= 0.6 is 11.6 Å². The summed E-state index contributed by atoms with van der Waals surface area (Å²) in [6.45, 7) is 4.63.